The van der Waals surface area contributed by atoms with Crippen LogP contribution in [-0.4, -0.2) is 120 Å². The van der Waals surface area contributed by atoms with E-state index in [0.717, 1.165) is 39.8 Å². The van der Waals surface area contributed by atoms with E-state index in [-0.39, 0.29) is 40.5 Å². The first-order valence-electron chi connectivity index (χ1n) is 15.8. The molecule has 5 rings (SSSR count). The predicted molar refractivity (Wildman–Crippen MR) is 194 cm³/mol. The number of amides is 2. The third-order valence-electron chi connectivity index (χ3n) is 6.34. The number of carbonyl (C=O) groups is 4. The van der Waals surface area contributed by atoms with Crippen LogP contribution in [0.25, 0.3) is 10.2 Å². The topological polar surface area (TPSA) is 274 Å². The number of nitrogens with one attached hydrogen (secondary N) is 3. The van der Waals surface area contributed by atoms with Gasteiger partial charge in [-0.05, 0) is 25.1 Å². The molecular formula is C29H41F3N8O11S3. The molecule has 2 aromatic heterocycles. The highest BCUT2D eigenvalue weighted by Crippen LogP contribution is 2.30. The minimum atomic E-state index is -4.85. The van der Waals surface area contributed by atoms with Crippen molar-refractivity contribution in [3.63, 3.8) is 0 Å². The van der Waals surface area contributed by atoms with Crippen molar-refractivity contribution in [1.29, 1.82) is 0 Å². The van der Waals surface area contributed by atoms with Gasteiger partial charge in [0.1, 0.15) is 24.1 Å². The van der Waals surface area contributed by atoms with Gasteiger partial charge in [-0.2, -0.15) is 21.6 Å². The number of rotatable bonds is 11. The molecule has 19 nitrogen and oxygen atoms in total. The highest BCUT2D eigenvalue weighted by Gasteiger charge is 2.51. The van der Waals surface area contributed by atoms with E-state index in [0.29, 0.717) is 18.9 Å². The molecule has 0 aliphatic carbocycles. The Bertz CT molecular complexity index is 1820. The van der Waals surface area contributed by atoms with E-state index in [9.17, 15) is 36.0 Å². The third-order valence-corrected chi connectivity index (χ3v) is 8.97. The smallest absolute Gasteiger partial charge is 0.490 e. The average Bonchev–Trinajstić information content (AvgIpc) is 3.73. The predicted octanol–water partition coefficient (Wildman–Crippen LogP) is 2.51. The van der Waals surface area contributed by atoms with Crippen LogP contribution in [0.15, 0.2) is 28.7 Å². The highest BCUT2D eigenvalue weighted by molar-refractivity contribution is 7.84. The lowest BCUT2D eigenvalue weighted by Crippen LogP contribution is -2.71. The van der Waals surface area contributed by atoms with Crippen LogP contribution >= 0.6 is 22.7 Å². The van der Waals surface area contributed by atoms with Gasteiger partial charge in [-0.3, -0.25) is 18.9 Å². The van der Waals surface area contributed by atoms with Crippen molar-refractivity contribution < 1.29 is 64.7 Å². The number of methoxy groups -OCH3 is 1. The summed E-state index contributed by atoms with van der Waals surface area (Å²) < 4.78 is 75.0. The molecule has 2 atom stereocenters. The summed E-state index contributed by atoms with van der Waals surface area (Å²) in [5, 5.41) is 22.2. The van der Waals surface area contributed by atoms with Crippen LogP contribution < -0.4 is 26.4 Å². The van der Waals surface area contributed by atoms with Gasteiger partial charge in [0.25, 0.3) is 18.3 Å². The quantitative estimate of drug-likeness (QED) is 0.0308. The second-order valence-corrected chi connectivity index (χ2v) is 12.9. The molecule has 0 saturated carbocycles. The molecule has 0 spiro atoms. The molecule has 3 aromatic rings. The number of aromatic nitrogens is 2. The molecule has 25 heteroatoms. The van der Waals surface area contributed by atoms with Gasteiger partial charge in [-0.1, -0.05) is 44.2 Å². The monoisotopic (exact) mass is 830 g/mol. The number of nitrogens with two attached hydrogens (primary N) is 1. The van der Waals surface area contributed by atoms with E-state index < -0.39 is 46.3 Å². The van der Waals surface area contributed by atoms with Gasteiger partial charge in [-0.25, -0.2) is 19.1 Å². The Balaban J connectivity index is 0.000000836. The van der Waals surface area contributed by atoms with Gasteiger partial charge >= 0.3 is 22.4 Å². The molecule has 2 aliphatic rings. The number of alkyl halides is 3. The van der Waals surface area contributed by atoms with E-state index in [2.05, 4.69) is 35.8 Å². The standard InChI is InChI=1S/C21H24N8O7S3.C3H3F3O2.2C2H6.CH2O2/c1-10-16(19(31)29(10)39(32,33)34)27-18(30)17(14-9-37-20(22)25-14)28-36-5-4-35-12-2-3-13-15(6-12)38-21(26-13)24-11-7-23-8-11;1-8-2(7)3(4,5)6;2*1-2;2-1-3/h2-3,6,9-11,16,23H,4-5,7-8H2,1H3,(H2,22,25)(H,24,26)(H,27,30)(H,32,33,34);1H3;2*1-2H3;1H,(H,2,3)/b28-17-;;;;/t10-,16?;;;;/m0..../s1. The molecule has 0 bridgehead atoms. The van der Waals surface area contributed by atoms with Crippen LogP contribution in [0.2, 0.25) is 0 Å². The van der Waals surface area contributed by atoms with Crippen LogP contribution in [-0.2, 0) is 39.1 Å². The Morgan fingerprint density at radius 1 is 1.19 bits per heavy atom. The number of oxime groups is 1. The van der Waals surface area contributed by atoms with Crippen LogP contribution in [0.1, 0.15) is 40.3 Å². The Labute approximate surface area is 315 Å². The number of nitrogen functional groups attached to an aromatic ring is 1. The van der Waals surface area contributed by atoms with Crippen LogP contribution in [0, 0.1) is 0 Å². The molecule has 302 valence electrons. The minimum absolute atomic E-state index is 0.0199. The number of nitrogens with zero attached hydrogens (tertiary/aromatic N) is 4. The lowest BCUT2D eigenvalue weighted by molar-refractivity contribution is -0.196. The van der Waals surface area contributed by atoms with Crippen LogP contribution in [0.3, 0.4) is 0 Å². The summed E-state index contributed by atoms with van der Waals surface area (Å²) in [7, 11) is -4.06. The van der Waals surface area contributed by atoms with Crippen molar-refractivity contribution in [3.8, 4) is 5.75 Å². The fourth-order valence-corrected chi connectivity index (χ4v) is 6.36. The van der Waals surface area contributed by atoms with E-state index in [1.165, 1.54) is 23.6 Å². The Morgan fingerprint density at radius 3 is 2.28 bits per heavy atom. The van der Waals surface area contributed by atoms with Gasteiger partial charge in [0, 0.05) is 18.5 Å². The number of ether oxygens (including phenoxy) is 2. The molecule has 2 aliphatic heterocycles. The van der Waals surface area contributed by atoms with Gasteiger partial charge in [0.15, 0.2) is 22.6 Å². The molecule has 2 amide bonds. The van der Waals surface area contributed by atoms with Gasteiger partial charge in [0.2, 0.25) is 0 Å². The number of thiazole rings is 2. The Kier molecular flexibility index (Phi) is 19.6. The fourth-order valence-electron chi connectivity index (χ4n) is 3.96. The highest BCUT2D eigenvalue weighted by atomic mass is 32.2. The lowest BCUT2D eigenvalue weighted by atomic mass is 10.0. The molecular weight excluding hydrogens is 790 g/mol. The molecule has 2 saturated heterocycles. The van der Waals surface area contributed by atoms with Crippen LogP contribution in [0.5, 0.6) is 5.75 Å². The zero-order valence-corrected chi connectivity index (χ0v) is 32.2. The maximum atomic E-state index is 12.9. The molecule has 2 fully saturated rings. The zero-order valence-electron chi connectivity index (χ0n) is 29.7. The number of anilines is 2. The van der Waals surface area contributed by atoms with E-state index >= 15 is 0 Å². The summed E-state index contributed by atoms with van der Waals surface area (Å²) in [6, 6.07) is 3.74. The fraction of sp³-hybridized carbons (Fsp3) is 0.483. The second kappa shape index (κ2) is 22.4. The Hall–Kier alpha value is -4.85. The Morgan fingerprint density at radius 2 is 1.81 bits per heavy atom. The van der Waals surface area contributed by atoms with Crippen molar-refractivity contribution in [2.75, 3.05) is 44.5 Å². The first-order valence-corrected chi connectivity index (χ1v) is 18.9. The molecule has 0 radical (unpaired) electrons. The second-order valence-electron chi connectivity index (χ2n) is 9.74. The SMILES string of the molecule is CC.CC.COC(=O)C(F)(F)F.C[C@H]1C(NC(=O)/C(=N\OCCOc2ccc3nc(NC4CNC4)sc3c2)c2csc(N)n2)C(=O)N1S(=O)(=O)O.O=CO. The number of carboxylic acid groups (broad SMARTS) is 1. The number of carbonyl (C=O) groups excluding carboxylic acids is 3. The average molecular weight is 831 g/mol. The van der Waals surface area contributed by atoms with Crippen molar-refractivity contribution in [1.82, 2.24) is 24.9 Å². The summed E-state index contributed by atoms with van der Waals surface area (Å²) in [6.07, 6.45) is -4.85. The molecule has 7 N–H and O–H groups in total. The van der Waals surface area contributed by atoms with E-state index in [1.54, 1.807) is 6.07 Å². The van der Waals surface area contributed by atoms with Gasteiger partial charge in [-0.15, -0.1) is 11.3 Å². The van der Waals surface area contributed by atoms with E-state index in [1.807, 2.05) is 39.8 Å². The van der Waals surface area contributed by atoms with E-state index in [4.69, 9.17) is 29.8 Å². The largest absolute Gasteiger partial charge is 0.490 e. The number of hydrogen-bond donors (Lipinski definition) is 6. The number of esters is 1. The first kappa shape index (κ1) is 47.2. The first-order chi connectivity index (χ1) is 25.5. The number of halogens is 3. The molecule has 54 heavy (non-hydrogen) atoms. The molecule has 1 unspecified atom stereocenters. The summed E-state index contributed by atoms with van der Waals surface area (Å²) in [6.45, 7) is 11.0. The third kappa shape index (κ3) is 13.9. The minimum Gasteiger partial charge on any atom is -0.490 e. The van der Waals surface area contributed by atoms with Crippen LogP contribution in [0.4, 0.5) is 23.4 Å². The lowest BCUT2D eigenvalue weighted by Gasteiger charge is -2.42. The van der Waals surface area contributed by atoms with Crippen molar-refractivity contribution >= 4 is 83.4 Å². The van der Waals surface area contributed by atoms with Crippen molar-refractivity contribution in [3.05, 3.63) is 29.3 Å². The number of β-lactam (4-membered cyclic amide) rings is 1. The number of fused-ring (bicyclic) bond motifs is 1. The summed E-state index contributed by atoms with van der Waals surface area (Å²) >= 11 is 2.61. The summed E-state index contributed by atoms with van der Waals surface area (Å²) in [5.74, 6) is -3.37. The summed E-state index contributed by atoms with van der Waals surface area (Å²) in [4.78, 5) is 56.8. The van der Waals surface area contributed by atoms with Gasteiger partial charge < -0.3 is 41.1 Å². The maximum Gasteiger partial charge on any atom is 0.490 e. The van der Waals surface area contributed by atoms with Crippen molar-refractivity contribution in [2.45, 2.75) is 58.9 Å². The molecule has 4 heterocycles. The number of hydrogen-bond acceptors (Lipinski definition) is 17. The normalized spacial score (nSPS) is 16.4. The maximum absolute atomic E-state index is 12.9. The van der Waals surface area contributed by atoms with Gasteiger partial charge in [0.05, 0.1) is 29.4 Å². The zero-order chi connectivity index (χ0) is 41.2. The molecule has 1 aromatic carbocycles. The number of benzene rings is 1. The summed E-state index contributed by atoms with van der Waals surface area (Å²) in [5.41, 5.74) is 6.38. The van der Waals surface area contributed by atoms with Crippen molar-refractivity contribution in [2.24, 2.45) is 5.16 Å².